The first-order valence-corrected chi connectivity index (χ1v) is 9.68. The summed E-state index contributed by atoms with van der Waals surface area (Å²) in [6.45, 7) is 0. The third-order valence-electron chi connectivity index (χ3n) is 4.24. The van der Waals surface area contributed by atoms with Crippen LogP contribution in [-0.2, 0) is 0 Å². The molecular weight excluding hydrogens is 431 g/mol. The number of aromatic nitrogens is 3. The highest BCUT2D eigenvalue weighted by Crippen LogP contribution is 2.26. The lowest BCUT2D eigenvalue weighted by atomic mass is 10.1. The highest BCUT2D eigenvalue weighted by molar-refractivity contribution is 6.42. The number of hydrogen-bond acceptors (Lipinski definition) is 3. The van der Waals surface area contributed by atoms with Gasteiger partial charge in [-0.25, -0.2) is 4.68 Å². The molecule has 1 amide bonds. The van der Waals surface area contributed by atoms with Gasteiger partial charge in [0.05, 0.1) is 27.6 Å². The number of halogens is 3. The molecule has 0 fully saturated rings. The number of hydrogen-bond donors (Lipinski definition) is 1. The van der Waals surface area contributed by atoms with Gasteiger partial charge in [-0.15, -0.1) is 5.10 Å². The number of benzene rings is 3. The Kier molecular flexibility index (Phi) is 5.53. The van der Waals surface area contributed by atoms with Gasteiger partial charge in [-0.3, -0.25) is 4.79 Å². The standard InChI is InChI=1S/C21H13Cl3N4O/c22-15-5-1-13(2-6-15)20-12-25-27-28(20)17-8-3-14(4-9-17)21(29)26-16-7-10-18(23)19(24)11-16/h1-12H,(H,26,29). The molecule has 0 bridgehead atoms. The Balaban J connectivity index is 1.55. The van der Waals surface area contributed by atoms with Crippen LogP contribution in [-0.4, -0.2) is 20.9 Å². The van der Waals surface area contributed by atoms with Gasteiger partial charge in [0.25, 0.3) is 5.91 Å². The molecule has 1 heterocycles. The van der Waals surface area contributed by atoms with Gasteiger partial charge in [-0.1, -0.05) is 52.1 Å². The minimum atomic E-state index is -0.258. The van der Waals surface area contributed by atoms with Crippen molar-refractivity contribution in [2.45, 2.75) is 0 Å². The maximum absolute atomic E-state index is 12.5. The van der Waals surface area contributed by atoms with Crippen LogP contribution in [0.3, 0.4) is 0 Å². The number of amides is 1. The molecule has 8 heteroatoms. The minimum absolute atomic E-state index is 0.258. The van der Waals surface area contributed by atoms with Gasteiger partial charge in [0.2, 0.25) is 0 Å². The molecule has 0 aliphatic heterocycles. The van der Waals surface area contributed by atoms with E-state index in [1.807, 2.05) is 24.3 Å². The average molecular weight is 444 g/mol. The van der Waals surface area contributed by atoms with Crippen molar-refractivity contribution in [1.29, 1.82) is 0 Å². The second-order valence-electron chi connectivity index (χ2n) is 6.17. The number of carbonyl (C=O) groups is 1. The molecule has 0 saturated carbocycles. The van der Waals surface area contributed by atoms with Crippen LogP contribution in [0.2, 0.25) is 15.1 Å². The lowest BCUT2D eigenvalue weighted by Crippen LogP contribution is -2.12. The molecule has 0 unspecified atom stereocenters. The number of carbonyl (C=O) groups excluding carboxylic acids is 1. The third-order valence-corrected chi connectivity index (χ3v) is 5.23. The Hall–Kier alpha value is -2.86. The van der Waals surface area contributed by atoms with Gasteiger partial charge in [0.1, 0.15) is 0 Å². The Morgan fingerprint density at radius 1 is 0.862 bits per heavy atom. The van der Waals surface area contributed by atoms with Crippen LogP contribution >= 0.6 is 34.8 Å². The second-order valence-corrected chi connectivity index (χ2v) is 7.42. The Morgan fingerprint density at radius 2 is 1.59 bits per heavy atom. The van der Waals surface area contributed by atoms with Crippen molar-refractivity contribution >= 4 is 46.4 Å². The third kappa shape index (κ3) is 4.27. The fourth-order valence-corrected chi connectivity index (χ4v) is 3.20. The van der Waals surface area contributed by atoms with Crippen LogP contribution < -0.4 is 5.32 Å². The van der Waals surface area contributed by atoms with Crippen molar-refractivity contribution in [2.75, 3.05) is 5.32 Å². The maximum atomic E-state index is 12.5. The Bertz CT molecular complexity index is 1170. The van der Waals surface area contributed by atoms with Gasteiger partial charge in [-0.05, 0) is 54.6 Å². The highest BCUT2D eigenvalue weighted by atomic mass is 35.5. The summed E-state index contributed by atoms with van der Waals surface area (Å²) in [6, 6.07) is 19.4. The molecule has 0 atom stereocenters. The van der Waals surface area contributed by atoms with Crippen LogP contribution in [0.1, 0.15) is 10.4 Å². The molecule has 4 rings (SSSR count). The van der Waals surface area contributed by atoms with Crippen molar-refractivity contribution in [3.63, 3.8) is 0 Å². The van der Waals surface area contributed by atoms with Crippen LogP contribution in [0, 0.1) is 0 Å². The van der Waals surface area contributed by atoms with E-state index in [0.29, 0.717) is 26.3 Å². The van der Waals surface area contributed by atoms with Gasteiger partial charge in [0, 0.05) is 21.8 Å². The predicted octanol–water partition coefficient (Wildman–Crippen LogP) is 6.15. The van der Waals surface area contributed by atoms with E-state index >= 15 is 0 Å². The summed E-state index contributed by atoms with van der Waals surface area (Å²) in [5, 5.41) is 12.4. The maximum Gasteiger partial charge on any atom is 0.255 e. The molecule has 5 nitrogen and oxygen atoms in total. The van der Waals surface area contributed by atoms with E-state index in [2.05, 4.69) is 15.6 Å². The zero-order chi connectivity index (χ0) is 20.4. The largest absolute Gasteiger partial charge is 0.322 e. The summed E-state index contributed by atoms with van der Waals surface area (Å²) in [5.74, 6) is -0.258. The monoisotopic (exact) mass is 442 g/mol. The summed E-state index contributed by atoms with van der Waals surface area (Å²) >= 11 is 17.9. The van der Waals surface area contributed by atoms with E-state index in [-0.39, 0.29) is 5.91 Å². The van der Waals surface area contributed by atoms with Crippen molar-refractivity contribution in [1.82, 2.24) is 15.0 Å². The first-order valence-electron chi connectivity index (χ1n) is 8.55. The molecule has 3 aromatic carbocycles. The molecule has 0 saturated heterocycles. The predicted molar refractivity (Wildman–Crippen MR) is 116 cm³/mol. The molecule has 0 aliphatic rings. The van der Waals surface area contributed by atoms with Crippen molar-refractivity contribution in [2.24, 2.45) is 0 Å². The van der Waals surface area contributed by atoms with Crippen LogP contribution in [0.4, 0.5) is 5.69 Å². The topological polar surface area (TPSA) is 59.8 Å². The fourth-order valence-electron chi connectivity index (χ4n) is 2.77. The minimum Gasteiger partial charge on any atom is -0.322 e. The van der Waals surface area contributed by atoms with Gasteiger partial charge >= 0.3 is 0 Å². The van der Waals surface area contributed by atoms with Gasteiger partial charge in [0.15, 0.2) is 0 Å². The zero-order valence-corrected chi connectivity index (χ0v) is 17.1. The average Bonchev–Trinajstić information content (AvgIpc) is 3.21. The molecule has 144 valence electrons. The lowest BCUT2D eigenvalue weighted by molar-refractivity contribution is 0.102. The van der Waals surface area contributed by atoms with Crippen molar-refractivity contribution in [3.8, 4) is 16.9 Å². The first kappa shape index (κ1) is 19.5. The quantitative estimate of drug-likeness (QED) is 0.412. The summed E-state index contributed by atoms with van der Waals surface area (Å²) in [4.78, 5) is 12.5. The summed E-state index contributed by atoms with van der Waals surface area (Å²) in [7, 11) is 0. The zero-order valence-electron chi connectivity index (χ0n) is 14.8. The van der Waals surface area contributed by atoms with Crippen LogP contribution in [0.15, 0.2) is 72.9 Å². The number of rotatable bonds is 4. The van der Waals surface area contributed by atoms with Crippen LogP contribution in [0.25, 0.3) is 16.9 Å². The van der Waals surface area contributed by atoms with E-state index in [4.69, 9.17) is 34.8 Å². The van der Waals surface area contributed by atoms with E-state index in [0.717, 1.165) is 16.9 Å². The van der Waals surface area contributed by atoms with Crippen molar-refractivity contribution in [3.05, 3.63) is 93.6 Å². The van der Waals surface area contributed by atoms with Gasteiger partial charge < -0.3 is 5.32 Å². The Labute approximate surface area is 181 Å². The van der Waals surface area contributed by atoms with Gasteiger partial charge in [-0.2, -0.15) is 0 Å². The van der Waals surface area contributed by atoms with E-state index < -0.39 is 0 Å². The first-order chi connectivity index (χ1) is 14.0. The second kappa shape index (κ2) is 8.25. The SMILES string of the molecule is O=C(Nc1ccc(Cl)c(Cl)c1)c1ccc(-n2nncc2-c2ccc(Cl)cc2)cc1. The fraction of sp³-hybridized carbons (Fsp3) is 0. The molecule has 29 heavy (non-hydrogen) atoms. The van der Waals surface area contributed by atoms with Crippen molar-refractivity contribution < 1.29 is 4.79 Å². The number of anilines is 1. The van der Waals surface area contributed by atoms with E-state index in [9.17, 15) is 4.79 Å². The Morgan fingerprint density at radius 3 is 2.28 bits per heavy atom. The molecule has 1 aromatic heterocycles. The lowest BCUT2D eigenvalue weighted by Gasteiger charge is -2.09. The van der Waals surface area contributed by atoms with E-state index in [1.165, 1.54) is 0 Å². The molecular formula is C21H13Cl3N4O. The molecule has 0 aliphatic carbocycles. The normalized spacial score (nSPS) is 10.7. The summed E-state index contributed by atoms with van der Waals surface area (Å²) < 4.78 is 1.70. The molecule has 4 aromatic rings. The number of nitrogens with one attached hydrogen (secondary N) is 1. The molecule has 0 spiro atoms. The smallest absolute Gasteiger partial charge is 0.255 e. The number of nitrogens with zero attached hydrogens (tertiary/aromatic N) is 3. The van der Waals surface area contributed by atoms with Crippen LogP contribution in [0.5, 0.6) is 0 Å². The van der Waals surface area contributed by atoms with E-state index in [1.54, 1.807) is 53.3 Å². The highest BCUT2D eigenvalue weighted by Gasteiger charge is 2.11. The summed E-state index contributed by atoms with van der Waals surface area (Å²) in [6.07, 6.45) is 1.67. The molecule has 1 N–H and O–H groups in total. The summed E-state index contributed by atoms with van der Waals surface area (Å²) in [5.41, 5.74) is 3.58. The molecule has 0 radical (unpaired) electrons.